The first-order valence-corrected chi connectivity index (χ1v) is 9.04. The predicted molar refractivity (Wildman–Crippen MR) is 94.2 cm³/mol. The van der Waals surface area contributed by atoms with Gasteiger partial charge in [-0.1, -0.05) is 30.3 Å². The zero-order valence-electron chi connectivity index (χ0n) is 11.6. The zero-order chi connectivity index (χ0) is 15.7. The molecule has 0 fully saturated rings. The van der Waals surface area contributed by atoms with Crippen LogP contribution in [0.5, 0.6) is 0 Å². The van der Waals surface area contributed by atoms with Crippen molar-refractivity contribution in [3.8, 4) is 0 Å². The Morgan fingerprint density at radius 3 is 2.45 bits per heavy atom. The van der Waals surface area contributed by atoms with Crippen molar-refractivity contribution in [3.05, 3.63) is 57.8 Å². The van der Waals surface area contributed by atoms with Gasteiger partial charge >= 0.3 is 0 Å². The standard InChI is InChI=1S/C15H12IN3O2S/c1-10-13-7-2-3-8-14(13)15(18-17-10)19-22(20,21)12-6-4-5-11(16)9-12/h2-9H,1H3,(H,18,19). The smallest absolute Gasteiger partial charge is 0.261 e. The van der Waals surface area contributed by atoms with E-state index >= 15 is 0 Å². The largest absolute Gasteiger partial charge is 0.263 e. The molecule has 0 saturated heterocycles. The molecule has 112 valence electrons. The number of benzene rings is 2. The third-order valence-corrected chi connectivity index (χ3v) is 5.22. The highest BCUT2D eigenvalue weighted by molar-refractivity contribution is 14.1. The van der Waals surface area contributed by atoms with E-state index in [0.29, 0.717) is 0 Å². The quantitative estimate of drug-likeness (QED) is 0.654. The summed E-state index contributed by atoms with van der Waals surface area (Å²) in [5, 5.41) is 9.62. The first-order chi connectivity index (χ1) is 10.5. The summed E-state index contributed by atoms with van der Waals surface area (Å²) in [7, 11) is -3.70. The van der Waals surface area contributed by atoms with Gasteiger partial charge in [-0.3, -0.25) is 4.72 Å². The van der Waals surface area contributed by atoms with Crippen molar-refractivity contribution in [2.45, 2.75) is 11.8 Å². The number of aryl methyl sites for hydroxylation is 1. The van der Waals surface area contributed by atoms with E-state index in [-0.39, 0.29) is 10.7 Å². The van der Waals surface area contributed by atoms with Crippen LogP contribution in [0, 0.1) is 10.5 Å². The normalized spacial score (nSPS) is 11.5. The lowest BCUT2D eigenvalue weighted by atomic mass is 10.1. The summed E-state index contributed by atoms with van der Waals surface area (Å²) in [5.41, 5.74) is 0.757. The fourth-order valence-electron chi connectivity index (χ4n) is 2.13. The van der Waals surface area contributed by atoms with Crippen LogP contribution >= 0.6 is 22.6 Å². The molecule has 0 aliphatic carbocycles. The third-order valence-electron chi connectivity index (χ3n) is 3.21. The van der Waals surface area contributed by atoms with E-state index in [1.807, 2.05) is 37.3 Å². The molecule has 0 unspecified atom stereocenters. The second kappa shape index (κ2) is 5.81. The fourth-order valence-corrected chi connectivity index (χ4v) is 3.95. The Balaban J connectivity index is 2.09. The average molecular weight is 425 g/mol. The van der Waals surface area contributed by atoms with Crippen LogP contribution in [0.3, 0.4) is 0 Å². The molecule has 1 aromatic heterocycles. The molecular formula is C15H12IN3O2S. The molecule has 5 nitrogen and oxygen atoms in total. The summed E-state index contributed by atoms with van der Waals surface area (Å²) in [5.74, 6) is 0.236. The number of nitrogens with zero attached hydrogens (tertiary/aromatic N) is 2. The number of aromatic nitrogens is 2. The molecular weight excluding hydrogens is 413 g/mol. The number of sulfonamides is 1. The first kappa shape index (κ1) is 15.2. The molecule has 0 atom stereocenters. The number of anilines is 1. The Bertz CT molecular complexity index is 958. The molecule has 1 heterocycles. The molecule has 0 aliphatic heterocycles. The van der Waals surface area contributed by atoms with Crippen LogP contribution in [0.1, 0.15) is 5.69 Å². The van der Waals surface area contributed by atoms with E-state index in [2.05, 4.69) is 37.5 Å². The predicted octanol–water partition coefficient (Wildman–Crippen LogP) is 3.34. The van der Waals surface area contributed by atoms with Crippen molar-refractivity contribution in [1.29, 1.82) is 0 Å². The van der Waals surface area contributed by atoms with Gasteiger partial charge in [0.1, 0.15) is 0 Å². The van der Waals surface area contributed by atoms with Gasteiger partial charge in [-0.25, -0.2) is 8.42 Å². The monoisotopic (exact) mass is 425 g/mol. The van der Waals surface area contributed by atoms with Crippen molar-refractivity contribution in [1.82, 2.24) is 10.2 Å². The Hall–Kier alpha value is -1.74. The van der Waals surface area contributed by atoms with Gasteiger partial charge in [-0.05, 0) is 47.7 Å². The number of halogens is 1. The average Bonchev–Trinajstić information content (AvgIpc) is 2.50. The van der Waals surface area contributed by atoms with Gasteiger partial charge < -0.3 is 0 Å². The second-order valence-electron chi connectivity index (χ2n) is 4.74. The summed E-state index contributed by atoms with van der Waals surface area (Å²) >= 11 is 2.07. The number of rotatable bonds is 3. The Morgan fingerprint density at radius 2 is 1.73 bits per heavy atom. The van der Waals surface area contributed by atoms with Gasteiger partial charge in [-0.15, -0.1) is 5.10 Å². The van der Waals surface area contributed by atoms with Crippen molar-refractivity contribution in [2.24, 2.45) is 0 Å². The minimum absolute atomic E-state index is 0.200. The highest BCUT2D eigenvalue weighted by Crippen LogP contribution is 2.25. The topological polar surface area (TPSA) is 72.0 Å². The maximum atomic E-state index is 12.5. The summed E-state index contributed by atoms with van der Waals surface area (Å²) in [6.07, 6.45) is 0. The number of fused-ring (bicyclic) bond motifs is 1. The summed E-state index contributed by atoms with van der Waals surface area (Å²) in [4.78, 5) is 0.200. The van der Waals surface area contributed by atoms with E-state index in [4.69, 9.17) is 0 Å². The maximum absolute atomic E-state index is 12.5. The SMILES string of the molecule is Cc1nnc(NS(=O)(=O)c2cccc(I)c2)c2ccccc12. The molecule has 7 heteroatoms. The highest BCUT2D eigenvalue weighted by atomic mass is 127. The molecule has 0 amide bonds. The molecule has 3 aromatic rings. The summed E-state index contributed by atoms with van der Waals surface area (Å²) in [6, 6.07) is 14.1. The van der Waals surface area contributed by atoms with Crippen LogP contribution in [-0.2, 0) is 10.0 Å². The molecule has 0 radical (unpaired) electrons. The van der Waals surface area contributed by atoms with Crippen molar-refractivity contribution in [3.63, 3.8) is 0 Å². The van der Waals surface area contributed by atoms with Gasteiger partial charge in [0.15, 0.2) is 5.82 Å². The molecule has 0 aliphatic rings. The van der Waals surface area contributed by atoms with E-state index in [1.165, 1.54) is 0 Å². The van der Waals surface area contributed by atoms with E-state index < -0.39 is 10.0 Å². The van der Waals surface area contributed by atoms with Crippen LogP contribution < -0.4 is 4.72 Å². The van der Waals surface area contributed by atoms with Crippen LogP contribution in [0.25, 0.3) is 10.8 Å². The minimum Gasteiger partial charge on any atom is -0.261 e. The van der Waals surface area contributed by atoms with Gasteiger partial charge in [0.25, 0.3) is 10.0 Å². The van der Waals surface area contributed by atoms with E-state index in [9.17, 15) is 8.42 Å². The lowest BCUT2D eigenvalue weighted by molar-refractivity contribution is 0.601. The Morgan fingerprint density at radius 1 is 1.00 bits per heavy atom. The second-order valence-corrected chi connectivity index (χ2v) is 7.67. The van der Waals surface area contributed by atoms with E-state index in [1.54, 1.807) is 18.2 Å². The lowest BCUT2D eigenvalue weighted by Crippen LogP contribution is -2.15. The molecule has 0 saturated carbocycles. The summed E-state index contributed by atoms with van der Waals surface area (Å²) < 4.78 is 28.4. The van der Waals surface area contributed by atoms with Crippen LogP contribution in [-0.4, -0.2) is 18.6 Å². The van der Waals surface area contributed by atoms with Crippen LogP contribution in [0.4, 0.5) is 5.82 Å². The molecule has 0 bridgehead atoms. The Labute approximate surface area is 142 Å². The lowest BCUT2D eigenvalue weighted by Gasteiger charge is -2.10. The minimum atomic E-state index is -3.70. The zero-order valence-corrected chi connectivity index (χ0v) is 14.6. The molecule has 3 rings (SSSR count). The van der Waals surface area contributed by atoms with Crippen LogP contribution in [0.2, 0.25) is 0 Å². The highest BCUT2D eigenvalue weighted by Gasteiger charge is 2.17. The molecule has 2 aromatic carbocycles. The van der Waals surface area contributed by atoms with Gasteiger partial charge in [0, 0.05) is 14.3 Å². The maximum Gasteiger partial charge on any atom is 0.263 e. The number of hydrogen-bond donors (Lipinski definition) is 1. The van der Waals surface area contributed by atoms with Crippen molar-refractivity contribution >= 4 is 49.2 Å². The van der Waals surface area contributed by atoms with Crippen LogP contribution in [0.15, 0.2) is 53.4 Å². The third kappa shape index (κ3) is 2.91. The van der Waals surface area contributed by atoms with Crippen molar-refractivity contribution < 1.29 is 8.42 Å². The summed E-state index contributed by atoms with van der Waals surface area (Å²) in [6.45, 7) is 1.84. The number of hydrogen-bond acceptors (Lipinski definition) is 4. The van der Waals surface area contributed by atoms with Crippen molar-refractivity contribution in [2.75, 3.05) is 4.72 Å². The van der Waals surface area contributed by atoms with E-state index in [0.717, 1.165) is 20.0 Å². The number of nitrogens with one attached hydrogen (secondary N) is 1. The Kier molecular flexibility index (Phi) is 4.00. The van der Waals surface area contributed by atoms with Gasteiger partial charge in [-0.2, -0.15) is 5.10 Å². The first-order valence-electron chi connectivity index (χ1n) is 6.48. The van der Waals surface area contributed by atoms with Gasteiger partial charge in [0.2, 0.25) is 0 Å². The molecule has 0 spiro atoms. The molecule has 1 N–H and O–H groups in total. The fraction of sp³-hybridized carbons (Fsp3) is 0.0667. The molecule has 22 heavy (non-hydrogen) atoms. The van der Waals surface area contributed by atoms with Gasteiger partial charge in [0.05, 0.1) is 10.6 Å².